The number of nitrogens with one attached hydrogen (secondary N) is 1. The molecule has 0 unspecified atom stereocenters. The first-order valence-corrected chi connectivity index (χ1v) is 5.69. The highest BCUT2D eigenvalue weighted by atomic mass is 16.5. The molecule has 4 heteroatoms. The molecule has 4 nitrogen and oxygen atoms in total. The molecule has 0 radical (unpaired) electrons. The molecule has 0 aromatic carbocycles. The van der Waals surface area contributed by atoms with E-state index >= 15 is 0 Å². The molecule has 1 heterocycles. The van der Waals surface area contributed by atoms with Crippen molar-refractivity contribution in [1.82, 2.24) is 10.2 Å². The largest absolute Gasteiger partial charge is 0.375 e. The number of amides is 1. The number of nitrogens with zero attached hydrogens (tertiary/aromatic N) is 1. The average molecular weight is 214 g/mol. The van der Waals surface area contributed by atoms with E-state index < -0.39 is 0 Å². The molecule has 0 aromatic rings. The smallest absolute Gasteiger partial charge is 0.248 e. The Hall–Kier alpha value is -0.610. The van der Waals surface area contributed by atoms with Crippen molar-refractivity contribution in [2.45, 2.75) is 19.3 Å². The normalized spacial score (nSPS) is 18.1. The quantitative estimate of drug-likeness (QED) is 0.724. The van der Waals surface area contributed by atoms with Gasteiger partial charge in [0.2, 0.25) is 5.91 Å². The summed E-state index contributed by atoms with van der Waals surface area (Å²) in [6.45, 7) is 3.10. The van der Waals surface area contributed by atoms with Crippen LogP contribution in [0.4, 0.5) is 0 Å². The Morgan fingerprint density at radius 1 is 1.47 bits per heavy atom. The standard InChI is InChI=1S/C11H22N2O2/c1-12-6-3-10-4-7-13(8-5-10)11(14)9-15-2/h10,12H,3-9H2,1-2H3. The number of hydrogen-bond donors (Lipinski definition) is 1. The summed E-state index contributed by atoms with van der Waals surface area (Å²) in [5, 5.41) is 3.17. The van der Waals surface area contributed by atoms with Gasteiger partial charge in [0.25, 0.3) is 0 Å². The highest BCUT2D eigenvalue weighted by Gasteiger charge is 2.21. The highest BCUT2D eigenvalue weighted by Crippen LogP contribution is 2.19. The summed E-state index contributed by atoms with van der Waals surface area (Å²) in [4.78, 5) is 13.4. The van der Waals surface area contributed by atoms with E-state index in [2.05, 4.69) is 5.32 Å². The minimum absolute atomic E-state index is 0.129. The third-order valence-corrected chi connectivity index (χ3v) is 3.04. The van der Waals surface area contributed by atoms with Crippen molar-refractivity contribution in [2.75, 3.05) is 40.4 Å². The Bertz CT molecular complexity index is 189. The summed E-state index contributed by atoms with van der Waals surface area (Å²) < 4.78 is 4.85. The van der Waals surface area contributed by atoms with Crippen molar-refractivity contribution in [3.63, 3.8) is 0 Å². The van der Waals surface area contributed by atoms with Crippen LogP contribution in [-0.2, 0) is 9.53 Å². The van der Waals surface area contributed by atoms with Gasteiger partial charge in [0.05, 0.1) is 0 Å². The van der Waals surface area contributed by atoms with Crippen LogP contribution < -0.4 is 5.32 Å². The minimum Gasteiger partial charge on any atom is -0.375 e. The Morgan fingerprint density at radius 2 is 2.13 bits per heavy atom. The van der Waals surface area contributed by atoms with Crippen LogP contribution in [0.2, 0.25) is 0 Å². The molecule has 0 aliphatic carbocycles. The lowest BCUT2D eigenvalue weighted by Crippen LogP contribution is -2.40. The number of piperidine rings is 1. The summed E-state index contributed by atoms with van der Waals surface area (Å²) in [7, 11) is 3.55. The van der Waals surface area contributed by atoms with E-state index in [1.807, 2.05) is 11.9 Å². The van der Waals surface area contributed by atoms with E-state index in [9.17, 15) is 4.79 Å². The van der Waals surface area contributed by atoms with Crippen molar-refractivity contribution in [1.29, 1.82) is 0 Å². The van der Waals surface area contributed by atoms with Crippen molar-refractivity contribution in [2.24, 2.45) is 5.92 Å². The Balaban J connectivity index is 2.20. The van der Waals surface area contributed by atoms with Gasteiger partial charge in [-0.25, -0.2) is 0 Å². The lowest BCUT2D eigenvalue weighted by atomic mass is 9.93. The van der Waals surface area contributed by atoms with Crippen LogP contribution in [-0.4, -0.2) is 51.2 Å². The van der Waals surface area contributed by atoms with Crippen LogP contribution >= 0.6 is 0 Å². The second-order valence-electron chi connectivity index (χ2n) is 4.15. The molecule has 1 amide bonds. The molecule has 1 aliphatic rings. The molecule has 1 N–H and O–H groups in total. The maximum atomic E-state index is 11.5. The second-order valence-corrected chi connectivity index (χ2v) is 4.15. The molecule has 0 spiro atoms. The number of ether oxygens (including phenoxy) is 1. The monoisotopic (exact) mass is 214 g/mol. The van der Waals surface area contributed by atoms with Gasteiger partial charge in [0.1, 0.15) is 6.61 Å². The Morgan fingerprint density at radius 3 is 2.67 bits per heavy atom. The van der Waals surface area contributed by atoms with Crippen LogP contribution in [0.5, 0.6) is 0 Å². The van der Waals surface area contributed by atoms with Gasteiger partial charge in [-0.05, 0) is 38.8 Å². The summed E-state index contributed by atoms with van der Waals surface area (Å²) in [5.74, 6) is 0.911. The zero-order valence-corrected chi connectivity index (χ0v) is 9.79. The number of rotatable bonds is 5. The number of carbonyl (C=O) groups is 1. The number of methoxy groups -OCH3 is 1. The fraction of sp³-hybridized carbons (Fsp3) is 0.909. The molecule has 15 heavy (non-hydrogen) atoms. The first-order valence-electron chi connectivity index (χ1n) is 5.69. The third-order valence-electron chi connectivity index (χ3n) is 3.04. The Labute approximate surface area is 92.0 Å². The van der Waals surface area contributed by atoms with Crippen LogP contribution in [0.15, 0.2) is 0 Å². The topological polar surface area (TPSA) is 41.6 Å². The van der Waals surface area contributed by atoms with Gasteiger partial charge >= 0.3 is 0 Å². The molecule has 1 saturated heterocycles. The van der Waals surface area contributed by atoms with Gasteiger partial charge in [0, 0.05) is 20.2 Å². The molecule has 1 fully saturated rings. The van der Waals surface area contributed by atoms with Crippen molar-refractivity contribution < 1.29 is 9.53 Å². The minimum atomic E-state index is 0.129. The highest BCUT2D eigenvalue weighted by molar-refractivity contribution is 5.77. The van der Waals surface area contributed by atoms with Crippen molar-refractivity contribution >= 4 is 5.91 Å². The second kappa shape index (κ2) is 6.80. The lowest BCUT2D eigenvalue weighted by molar-refractivity contribution is -0.136. The van der Waals surface area contributed by atoms with E-state index in [0.29, 0.717) is 0 Å². The SMILES string of the molecule is CNCCC1CCN(C(=O)COC)CC1. The van der Waals surface area contributed by atoms with Gasteiger partial charge in [-0.1, -0.05) is 0 Å². The van der Waals surface area contributed by atoms with Crippen molar-refractivity contribution in [3.8, 4) is 0 Å². The van der Waals surface area contributed by atoms with Gasteiger partial charge in [-0.2, -0.15) is 0 Å². The predicted molar refractivity (Wildman–Crippen MR) is 59.7 cm³/mol. The number of carbonyl (C=O) groups excluding carboxylic acids is 1. The lowest BCUT2D eigenvalue weighted by Gasteiger charge is -2.31. The maximum Gasteiger partial charge on any atom is 0.248 e. The first-order chi connectivity index (χ1) is 7.27. The van der Waals surface area contributed by atoms with Gasteiger partial charge < -0.3 is 15.0 Å². The van der Waals surface area contributed by atoms with E-state index in [0.717, 1.165) is 38.4 Å². The van der Waals surface area contributed by atoms with Gasteiger partial charge in [-0.15, -0.1) is 0 Å². The molecule has 88 valence electrons. The molecule has 0 atom stereocenters. The Kier molecular flexibility index (Phi) is 5.65. The number of hydrogen-bond acceptors (Lipinski definition) is 3. The molecule has 0 bridgehead atoms. The van der Waals surface area contributed by atoms with Gasteiger partial charge in [-0.3, -0.25) is 4.79 Å². The van der Waals surface area contributed by atoms with Gasteiger partial charge in [0.15, 0.2) is 0 Å². The molecule has 0 saturated carbocycles. The first kappa shape index (κ1) is 12.5. The van der Waals surface area contributed by atoms with E-state index in [1.54, 1.807) is 7.11 Å². The zero-order valence-electron chi connectivity index (χ0n) is 9.79. The third kappa shape index (κ3) is 4.18. The summed E-state index contributed by atoms with van der Waals surface area (Å²) >= 11 is 0. The van der Waals surface area contributed by atoms with Crippen molar-refractivity contribution in [3.05, 3.63) is 0 Å². The summed E-state index contributed by atoms with van der Waals surface area (Å²) in [6, 6.07) is 0. The molecular formula is C11H22N2O2. The summed E-state index contributed by atoms with van der Waals surface area (Å²) in [6.07, 6.45) is 3.50. The fourth-order valence-electron chi connectivity index (χ4n) is 2.03. The molecule has 1 rings (SSSR count). The zero-order chi connectivity index (χ0) is 11.1. The molecule has 0 aromatic heterocycles. The predicted octanol–water partition coefficient (Wildman–Crippen LogP) is 0.481. The van der Waals surface area contributed by atoms with E-state index in [-0.39, 0.29) is 12.5 Å². The van der Waals surface area contributed by atoms with Crippen LogP contribution in [0.3, 0.4) is 0 Å². The maximum absolute atomic E-state index is 11.5. The van der Waals surface area contributed by atoms with Crippen LogP contribution in [0, 0.1) is 5.92 Å². The van der Waals surface area contributed by atoms with E-state index in [4.69, 9.17) is 4.74 Å². The van der Waals surface area contributed by atoms with Crippen LogP contribution in [0.25, 0.3) is 0 Å². The molecular weight excluding hydrogens is 192 g/mol. The summed E-state index contributed by atoms with van der Waals surface area (Å²) in [5.41, 5.74) is 0. The fourth-order valence-corrected chi connectivity index (χ4v) is 2.03. The average Bonchev–Trinajstić information content (AvgIpc) is 2.27. The van der Waals surface area contributed by atoms with Crippen LogP contribution in [0.1, 0.15) is 19.3 Å². The van der Waals surface area contributed by atoms with E-state index in [1.165, 1.54) is 6.42 Å². The number of likely N-dealkylation sites (tertiary alicyclic amines) is 1. The molecule has 1 aliphatic heterocycles.